The van der Waals surface area contributed by atoms with E-state index in [9.17, 15) is 26.7 Å². The topological polar surface area (TPSA) is 44.1 Å². The normalized spacial score (nSPS) is 11.8. The minimum Gasteiger partial charge on any atom is -0.310 e. The first-order chi connectivity index (χ1) is 8.61. The fourth-order valence-electron chi connectivity index (χ4n) is 1.21. The number of hydrogen-bond donors (Lipinski definition) is 0. The standard InChI is InChI=1S/C11H7F5N2O/c1-18(8-4-2-7(6-17)3-5-8)9(19)10(12,13)11(14,15)16/h2-5H,1H3. The fourth-order valence-corrected chi connectivity index (χ4v) is 1.21. The molecule has 102 valence electrons. The van der Waals surface area contributed by atoms with E-state index in [4.69, 9.17) is 5.26 Å². The predicted octanol–water partition coefficient (Wildman–Crippen LogP) is 2.72. The highest BCUT2D eigenvalue weighted by Crippen LogP contribution is 2.37. The van der Waals surface area contributed by atoms with Gasteiger partial charge in [0.25, 0.3) is 0 Å². The van der Waals surface area contributed by atoms with Gasteiger partial charge in [0.05, 0.1) is 11.6 Å². The van der Waals surface area contributed by atoms with Gasteiger partial charge >= 0.3 is 18.0 Å². The molecular formula is C11H7F5N2O. The van der Waals surface area contributed by atoms with Gasteiger partial charge in [-0.3, -0.25) is 4.79 Å². The van der Waals surface area contributed by atoms with E-state index >= 15 is 0 Å². The first-order valence-corrected chi connectivity index (χ1v) is 4.84. The summed E-state index contributed by atoms with van der Waals surface area (Å²) in [4.78, 5) is 11.3. The van der Waals surface area contributed by atoms with E-state index in [0.717, 1.165) is 19.2 Å². The molecule has 0 atom stereocenters. The molecular weight excluding hydrogens is 271 g/mol. The lowest BCUT2D eigenvalue weighted by Crippen LogP contribution is -2.51. The van der Waals surface area contributed by atoms with E-state index in [1.165, 1.54) is 12.1 Å². The number of carbonyl (C=O) groups excluding carboxylic acids is 1. The lowest BCUT2D eigenvalue weighted by atomic mass is 10.2. The molecule has 0 aromatic heterocycles. The number of hydrogen-bond acceptors (Lipinski definition) is 2. The van der Waals surface area contributed by atoms with Crippen LogP contribution in [0, 0.1) is 11.3 Å². The molecule has 0 spiro atoms. The summed E-state index contributed by atoms with van der Waals surface area (Å²) >= 11 is 0. The molecule has 0 radical (unpaired) electrons. The summed E-state index contributed by atoms with van der Waals surface area (Å²) in [6, 6.07) is 6.34. The SMILES string of the molecule is CN(C(=O)C(F)(F)C(F)(F)F)c1ccc(C#N)cc1. The van der Waals surface area contributed by atoms with Gasteiger partial charge in [0.2, 0.25) is 0 Å². The highest BCUT2D eigenvalue weighted by atomic mass is 19.4. The second kappa shape index (κ2) is 4.84. The van der Waals surface area contributed by atoms with Gasteiger partial charge in [0.1, 0.15) is 0 Å². The summed E-state index contributed by atoms with van der Waals surface area (Å²) in [6.45, 7) is 0. The molecule has 1 rings (SSSR count). The number of carbonyl (C=O) groups is 1. The molecule has 0 fully saturated rings. The number of amides is 1. The summed E-state index contributed by atoms with van der Waals surface area (Å²) < 4.78 is 61.8. The maximum atomic E-state index is 12.8. The smallest absolute Gasteiger partial charge is 0.310 e. The Morgan fingerprint density at radius 1 is 1.16 bits per heavy atom. The maximum absolute atomic E-state index is 12.8. The number of rotatable bonds is 2. The van der Waals surface area contributed by atoms with E-state index in [2.05, 4.69) is 0 Å². The third kappa shape index (κ3) is 2.81. The largest absolute Gasteiger partial charge is 0.463 e. The molecule has 3 nitrogen and oxygen atoms in total. The van der Waals surface area contributed by atoms with Gasteiger partial charge in [0, 0.05) is 12.7 Å². The zero-order valence-electron chi connectivity index (χ0n) is 9.50. The molecule has 0 N–H and O–H groups in total. The van der Waals surface area contributed by atoms with E-state index in [-0.39, 0.29) is 16.2 Å². The average molecular weight is 278 g/mol. The highest BCUT2D eigenvalue weighted by molar-refractivity contribution is 5.98. The van der Waals surface area contributed by atoms with Crippen molar-refractivity contribution in [3.8, 4) is 6.07 Å². The van der Waals surface area contributed by atoms with Gasteiger partial charge in [-0.15, -0.1) is 0 Å². The lowest BCUT2D eigenvalue weighted by molar-refractivity contribution is -0.268. The van der Waals surface area contributed by atoms with Crippen molar-refractivity contribution < 1.29 is 26.7 Å². The van der Waals surface area contributed by atoms with Crippen LogP contribution in [-0.2, 0) is 4.79 Å². The molecule has 0 unspecified atom stereocenters. The van der Waals surface area contributed by atoms with Gasteiger partial charge in [-0.2, -0.15) is 27.2 Å². The van der Waals surface area contributed by atoms with Crippen molar-refractivity contribution in [1.82, 2.24) is 0 Å². The maximum Gasteiger partial charge on any atom is 0.463 e. The first-order valence-electron chi connectivity index (χ1n) is 4.84. The summed E-state index contributed by atoms with van der Waals surface area (Å²) in [7, 11) is 0.795. The quantitative estimate of drug-likeness (QED) is 0.781. The van der Waals surface area contributed by atoms with Gasteiger partial charge < -0.3 is 4.90 Å². The van der Waals surface area contributed by atoms with Gasteiger partial charge in [-0.05, 0) is 24.3 Å². The molecule has 0 heterocycles. The van der Waals surface area contributed by atoms with Crippen molar-refractivity contribution in [3.63, 3.8) is 0 Å². The second-order valence-electron chi connectivity index (χ2n) is 3.59. The Morgan fingerprint density at radius 2 is 1.63 bits per heavy atom. The first kappa shape index (κ1) is 14.9. The van der Waals surface area contributed by atoms with Crippen LogP contribution in [0.25, 0.3) is 0 Å². The van der Waals surface area contributed by atoms with Gasteiger partial charge in [-0.1, -0.05) is 0 Å². The van der Waals surface area contributed by atoms with Gasteiger partial charge in [0.15, 0.2) is 0 Å². The van der Waals surface area contributed by atoms with Crippen LogP contribution < -0.4 is 4.90 Å². The zero-order chi connectivity index (χ0) is 14.8. The summed E-state index contributed by atoms with van der Waals surface area (Å²) in [6.07, 6.45) is -5.95. The molecule has 0 bridgehead atoms. The molecule has 1 aromatic carbocycles. The van der Waals surface area contributed by atoms with Crippen LogP contribution in [-0.4, -0.2) is 25.1 Å². The Bertz CT molecular complexity index is 515. The number of halogens is 5. The van der Waals surface area contributed by atoms with Crippen molar-refractivity contribution in [2.75, 3.05) is 11.9 Å². The van der Waals surface area contributed by atoms with Crippen LogP contribution in [0.5, 0.6) is 0 Å². The van der Waals surface area contributed by atoms with Crippen molar-refractivity contribution in [2.24, 2.45) is 0 Å². The van der Waals surface area contributed by atoms with E-state index < -0.39 is 18.0 Å². The lowest BCUT2D eigenvalue weighted by Gasteiger charge is -2.24. The second-order valence-corrected chi connectivity index (χ2v) is 3.59. The van der Waals surface area contributed by atoms with Crippen molar-refractivity contribution in [1.29, 1.82) is 5.26 Å². The van der Waals surface area contributed by atoms with Crippen molar-refractivity contribution >= 4 is 11.6 Å². The molecule has 0 saturated heterocycles. The molecule has 19 heavy (non-hydrogen) atoms. The molecule has 0 saturated carbocycles. The van der Waals surface area contributed by atoms with Crippen LogP contribution in [0.2, 0.25) is 0 Å². The Labute approximate surface area is 104 Å². The Kier molecular flexibility index (Phi) is 3.79. The molecule has 0 aliphatic heterocycles. The van der Waals surface area contributed by atoms with Crippen molar-refractivity contribution in [3.05, 3.63) is 29.8 Å². The highest BCUT2D eigenvalue weighted by Gasteiger charge is 2.64. The predicted molar refractivity (Wildman–Crippen MR) is 55.6 cm³/mol. The van der Waals surface area contributed by atoms with E-state index in [1.54, 1.807) is 6.07 Å². The minimum atomic E-state index is -5.95. The third-order valence-corrected chi connectivity index (χ3v) is 2.31. The molecule has 8 heteroatoms. The summed E-state index contributed by atoms with van der Waals surface area (Å²) in [5.74, 6) is -7.85. The Morgan fingerprint density at radius 3 is 2.00 bits per heavy atom. The average Bonchev–Trinajstić information content (AvgIpc) is 2.35. The number of anilines is 1. The molecule has 0 aliphatic rings. The number of benzene rings is 1. The number of nitrogens with zero attached hydrogens (tertiary/aromatic N) is 2. The van der Waals surface area contributed by atoms with Crippen LogP contribution in [0.1, 0.15) is 5.56 Å². The summed E-state index contributed by atoms with van der Waals surface area (Å²) in [5, 5.41) is 8.51. The summed E-state index contributed by atoms with van der Waals surface area (Å²) in [5.41, 5.74) is 0.0140. The molecule has 1 amide bonds. The fraction of sp³-hybridized carbons (Fsp3) is 0.273. The zero-order valence-corrected chi connectivity index (χ0v) is 9.50. The van der Waals surface area contributed by atoms with Crippen LogP contribution >= 0.6 is 0 Å². The van der Waals surface area contributed by atoms with E-state index in [1.807, 2.05) is 0 Å². The third-order valence-electron chi connectivity index (χ3n) is 2.31. The molecule has 1 aromatic rings. The van der Waals surface area contributed by atoms with Crippen LogP contribution in [0.4, 0.5) is 27.6 Å². The van der Waals surface area contributed by atoms with E-state index in [0.29, 0.717) is 0 Å². The number of alkyl halides is 5. The Balaban J connectivity index is 3.03. The molecule has 0 aliphatic carbocycles. The number of nitriles is 1. The van der Waals surface area contributed by atoms with Gasteiger partial charge in [-0.25, -0.2) is 0 Å². The van der Waals surface area contributed by atoms with Crippen molar-refractivity contribution in [2.45, 2.75) is 12.1 Å². The van der Waals surface area contributed by atoms with Crippen LogP contribution in [0.15, 0.2) is 24.3 Å². The van der Waals surface area contributed by atoms with Crippen LogP contribution in [0.3, 0.4) is 0 Å². The monoisotopic (exact) mass is 278 g/mol. The Hall–Kier alpha value is -2.17. The minimum absolute atomic E-state index is 0.173.